The van der Waals surface area contributed by atoms with Crippen molar-refractivity contribution in [1.29, 1.82) is 0 Å². The van der Waals surface area contributed by atoms with Crippen LogP contribution in [-0.4, -0.2) is 44.5 Å². The second-order valence-electron chi connectivity index (χ2n) is 7.75. The lowest BCUT2D eigenvalue weighted by atomic mass is 10.2. The molecule has 0 aliphatic carbocycles. The van der Waals surface area contributed by atoms with E-state index < -0.39 is 15.1 Å². The minimum absolute atomic E-state index is 0.219. The van der Waals surface area contributed by atoms with Gasteiger partial charge in [0.15, 0.2) is 20.8 Å². The Kier molecular flexibility index (Phi) is 7.63. The number of carbonyl (C=O) groups excluding carboxylic acids is 1. The summed E-state index contributed by atoms with van der Waals surface area (Å²) < 4.78 is 27.9. The number of hydrogen-bond acceptors (Lipinski definition) is 9. The van der Waals surface area contributed by atoms with Crippen LogP contribution < -0.4 is 5.32 Å². The van der Waals surface area contributed by atoms with Gasteiger partial charge >= 0.3 is 0 Å². The highest BCUT2D eigenvalue weighted by Crippen LogP contribution is 2.28. The molecule has 35 heavy (non-hydrogen) atoms. The Balaban J connectivity index is 1.60. The molecule has 0 aliphatic rings. The highest BCUT2D eigenvalue weighted by Gasteiger charge is 2.25. The number of sulfone groups is 1. The third-order valence-electron chi connectivity index (χ3n) is 5.06. The standard InChI is InChI=1S/C23H24N6O3S3/c1-4-20-26-27-22(34-20)24-21(30)16(3)33-23-28-25-19(29(23)17-8-6-5-7-9-17)14-35(31,32)18-12-10-15(2)11-13-18/h5-13,16H,4,14H2,1-3H3,(H,24,27,30). The molecule has 1 atom stereocenters. The number of hydrogen-bond donors (Lipinski definition) is 1. The van der Waals surface area contributed by atoms with Gasteiger partial charge in [-0.1, -0.05) is 65.9 Å². The number of benzene rings is 2. The Morgan fingerprint density at radius 1 is 1.06 bits per heavy atom. The van der Waals surface area contributed by atoms with Crippen LogP contribution in [-0.2, 0) is 26.8 Å². The summed E-state index contributed by atoms with van der Waals surface area (Å²) in [5, 5.41) is 20.4. The molecule has 182 valence electrons. The first-order valence-corrected chi connectivity index (χ1v) is 14.2. The highest BCUT2D eigenvalue weighted by atomic mass is 32.2. The molecule has 12 heteroatoms. The molecular weight excluding hydrogens is 504 g/mol. The van der Waals surface area contributed by atoms with E-state index in [4.69, 9.17) is 0 Å². The third-order valence-corrected chi connectivity index (χ3v) is 8.72. The van der Waals surface area contributed by atoms with E-state index in [0.29, 0.717) is 16.0 Å². The van der Waals surface area contributed by atoms with Gasteiger partial charge in [-0.3, -0.25) is 14.7 Å². The molecule has 0 aliphatic heterocycles. The molecule has 4 rings (SSSR count). The Bertz CT molecular complexity index is 1420. The van der Waals surface area contributed by atoms with E-state index in [9.17, 15) is 13.2 Å². The summed E-state index contributed by atoms with van der Waals surface area (Å²) in [6, 6.07) is 15.9. The zero-order chi connectivity index (χ0) is 25.0. The fourth-order valence-electron chi connectivity index (χ4n) is 3.17. The monoisotopic (exact) mass is 528 g/mol. The smallest absolute Gasteiger partial charge is 0.239 e. The lowest BCUT2D eigenvalue weighted by molar-refractivity contribution is -0.115. The van der Waals surface area contributed by atoms with Crippen LogP contribution in [0.4, 0.5) is 5.13 Å². The first kappa shape index (κ1) is 25.0. The quantitative estimate of drug-likeness (QED) is 0.323. The zero-order valence-corrected chi connectivity index (χ0v) is 21.8. The van der Waals surface area contributed by atoms with Crippen LogP contribution in [0, 0.1) is 6.92 Å². The molecule has 2 aromatic heterocycles. The Labute approximate surface area is 211 Å². The Morgan fingerprint density at radius 2 is 1.77 bits per heavy atom. The maximum absolute atomic E-state index is 13.1. The van der Waals surface area contributed by atoms with Gasteiger partial charge in [0, 0.05) is 5.69 Å². The van der Waals surface area contributed by atoms with E-state index in [2.05, 4.69) is 25.7 Å². The molecule has 0 saturated carbocycles. The van der Waals surface area contributed by atoms with Crippen LogP contribution in [0.3, 0.4) is 0 Å². The van der Waals surface area contributed by atoms with Crippen LogP contribution in [0.2, 0.25) is 0 Å². The van der Waals surface area contributed by atoms with E-state index in [-0.39, 0.29) is 22.4 Å². The van der Waals surface area contributed by atoms with Crippen molar-refractivity contribution in [1.82, 2.24) is 25.0 Å². The van der Waals surface area contributed by atoms with Crippen LogP contribution in [0.25, 0.3) is 5.69 Å². The first-order valence-electron chi connectivity index (χ1n) is 10.9. The largest absolute Gasteiger partial charge is 0.300 e. The summed E-state index contributed by atoms with van der Waals surface area (Å²) in [6.45, 7) is 5.61. The van der Waals surface area contributed by atoms with Gasteiger partial charge in [0.05, 0.1) is 10.1 Å². The molecular formula is C23H24N6O3S3. The van der Waals surface area contributed by atoms with Crippen molar-refractivity contribution in [2.45, 2.75) is 48.2 Å². The molecule has 1 N–H and O–H groups in total. The topological polar surface area (TPSA) is 120 Å². The van der Waals surface area contributed by atoms with Crippen molar-refractivity contribution in [2.75, 3.05) is 5.32 Å². The summed E-state index contributed by atoms with van der Waals surface area (Å²) in [4.78, 5) is 13.0. The van der Waals surface area contributed by atoms with Gasteiger partial charge in [0.25, 0.3) is 0 Å². The van der Waals surface area contributed by atoms with Crippen molar-refractivity contribution in [2.24, 2.45) is 0 Å². The molecule has 0 saturated heterocycles. The molecule has 2 aromatic carbocycles. The van der Waals surface area contributed by atoms with Crippen LogP contribution in [0.15, 0.2) is 64.6 Å². The fourth-order valence-corrected chi connectivity index (χ4v) is 5.98. The average molecular weight is 529 g/mol. The number of aromatic nitrogens is 5. The first-order chi connectivity index (χ1) is 16.8. The van der Waals surface area contributed by atoms with Crippen molar-refractivity contribution in [3.63, 3.8) is 0 Å². The van der Waals surface area contributed by atoms with Gasteiger partial charge < -0.3 is 0 Å². The maximum atomic E-state index is 13.1. The molecule has 0 bridgehead atoms. The van der Waals surface area contributed by atoms with Gasteiger partial charge in [0.1, 0.15) is 10.8 Å². The van der Waals surface area contributed by atoms with E-state index in [1.165, 1.54) is 23.1 Å². The van der Waals surface area contributed by atoms with Gasteiger partial charge in [-0.2, -0.15) is 0 Å². The lowest BCUT2D eigenvalue weighted by Gasteiger charge is -2.13. The van der Waals surface area contributed by atoms with Crippen LogP contribution >= 0.6 is 23.1 Å². The van der Waals surface area contributed by atoms with Crippen molar-refractivity contribution in [3.8, 4) is 5.69 Å². The highest BCUT2D eigenvalue weighted by molar-refractivity contribution is 8.00. The minimum Gasteiger partial charge on any atom is -0.300 e. The number of carbonyl (C=O) groups is 1. The van der Waals surface area contributed by atoms with E-state index in [1.807, 2.05) is 44.2 Å². The SMILES string of the molecule is CCc1nnc(NC(=O)C(C)Sc2nnc(CS(=O)(=O)c3ccc(C)cc3)n2-c2ccccc2)s1. The second kappa shape index (κ2) is 10.7. The second-order valence-corrected chi connectivity index (χ2v) is 12.1. The summed E-state index contributed by atoms with van der Waals surface area (Å²) in [5.74, 6) is -0.322. The third kappa shape index (κ3) is 5.95. The van der Waals surface area contributed by atoms with Crippen molar-refractivity contribution in [3.05, 3.63) is 71.0 Å². The van der Waals surface area contributed by atoms with Crippen molar-refractivity contribution < 1.29 is 13.2 Å². The summed E-state index contributed by atoms with van der Waals surface area (Å²) in [6.07, 6.45) is 0.742. The number of nitrogens with one attached hydrogen (secondary N) is 1. The fraction of sp³-hybridized carbons (Fsp3) is 0.261. The number of rotatable bonds is 9. The number of nitrogens with zero attached hydrogens (tertiary/aromatic N) is 5. The lowest BCUT2D eigenvalue weighted by Crippen LogP contribution is -2.23. The summed E-state index contributed by atoms with van der Waals surface area (Å²) in [7, 11) is -3.66. The number of aryl methyl sites for hydroxylation is 2. The molecule has 0 radical (unpaired) electrons. The molecule has 2 heterocycles. The summed E-state index contributed by atoms with van der Waals surface area (Å²) >= 11 is 2.52. The number of thioether (sulfide) groups is 1. The summed E-state index contributed by atoms with van der Waals surface area (Å²) in [5.41, 5.74) is 1.68. The Morgan fingerprint density at radius 3 is 2.43 bits per heavy atom. The molecule has 4 aromatic rings. The van der Waals surface area contributed by atoms with Gasteiger partial charge in [-0.15, -0.1) is 20.4 Å². The average Bonchev–Trinajstić information content (AvgIpc) is 3.46. The predicted octanol–water partition coefficient (Wildman–Crippen LogP) is 4.08. The molecule has 0 fully saturated rings. The Hall–Kier alpha value is -3.09. The zero-order valence-electron chi connectivity index (χ0n) is 19.4. The van der Waals surface area contributed by atoms with Gasteiger partial charge in [-0.05, 0) is 44.5 Å². The molecule has 9 nitrogen and oxygen atoms in total. The number of amides is 1. The van der Waals surface area contributed by atoms with E-state index in [1.54, 1.807) is 35.8 Å². The minimum atomic E-state index is -3.66. The van der Waals surface area contributed by atoms with Crippen LogP contribution in [0.1, 0.15) is 30.2 Å². The van der Waals surface area contributed by atoms with E-state index >= 15 is 0 Å². The van der Waals surface area contributed by atoms with Crippen molar-refractivity contribution >= 4 is 44.0 Å². The molecule has 1 amide bonds. The number of para-hydroxylation sites is 1. The van der Waals surface area contributed by atoms with Gasteiger partial charge in [0.2, 0.25) is 11.0 Å². The maximum Gasteiger partial charge on any atom is 0.239 e. The van der Waals surface area contributed by atoms with E-state index in [0.717, 1.165) is 17.0 Å². The number of anilines is 1. The van der Waals surface area contributed by atoms with Gasteiger partial charge in [-0.25, -0.2) is 8.42 Å². The normalized spacial score (nSPS) is 12.4. The van der Waals surface area contributed by atoms with Crippen LogP contribution in [0.5, 0.6) is 0 Å². The molecule has 1 unspecified atom stereocenters. The molecule has 0 spiro atoms. The predicted molar refractivity (Wildman–Crippen MR) is 137 cm³/mol.